The average Bonchev–Trinajstić information content (AvgIpc) is 2.57. The molecule has 0 aliphatic heterocycles. The number of aryl methyl sites for hydroxylation is 2. The molecular weight excluding hydrogens is 270 g/mol. The number of thiocarbonyl (C=S) groups is 1. The summed E-state index contributed by atoms with van der Waals surface area (Å²) in [6.07, 6.45) is 0. The zero-order valence-corrected chi connectivity index (χ0v) is 11.2. The van der Waals surface area contributed by atoms with E-state index < -0.39 is 11.6 Å². The summed E-state index contributed by atoms with van der Waals surface area (Å²) in [4.78, 5) is 0.163. The predicted octanol–water partition coefficient (Wildman–Crippen LogP) is 2.38. The zero-order valence-electron chi connectivity index (χ0n) is 10.4. The smallest absolute Gasteiger partial charge is 0.149 e. The van der Waals surface area contributed by atoms with Gasteiger partial charge in [0.05, 0.1) is 16.9 Å². The Morgan fingerprint density at radius 2 is 2.11 bits per heavy atom. The lowest BCUT2D eigenvalue weighted by molar-refractivity contribution is 0.585. The Labute approximate surface area is 114 Å². The molecule has 1 aromatic carbocycles. The van der Waals surface area contributed by atoms with Crippen molar-refractivity contribution < 1.29 is 8.78 Å². The van der Waals surface area contributed by atoms with Gasteiger partial charge in [-0.05, 0) is 19.1 Å². The summed E-state index contributed by atoms with van der Waals surface area (Å²) in [6.45, 7) is 1.75. The maximum absolute atomic E-state index is 13.6. The molecule has 0 radical (unpaired) electrons. The number of nitrogens with one attached hydrogen (secondary N) is 1. The van der Waals surface area contributed by atoms with Gasteiger partial charge in [-0.1, -0.05) is 12.2 Å². The highest BCUT2D eigenvalue weighted by molar-refractivity contribution is 7.80. The number of halogens is 2. The fourth-order valence-electron chi connectivity index (χ4n) is 1.81. The minimum absolute atomic E-state index is 0.127. The molecule has 0 fully saturated rings. The molecule has 0 aliphatic rings. The molecule has 4 nitrogen and oxygen atoms in total. The monoisotopic (exact) mass is 282 g/mol. The molecule has 0 saturated carbocycles. The molecule has 19 heavy (non-hydrogen) atoms. The first-order chi connectivity index (χ1) is 8.90. The molecule has 3 N–H and O–H groups in total. The molecule has 1 heterocycles. The molecule has 0 spiro atoms. The van der Waals surface area contributed by atoms with E-state index >= 15 is 0 Å². The van der Waals surface area contributed by atoms with Crippen LogP contribution in [0.15, 0.2) is 18.2 Å². The minimum atomic E-state index is -0.701. The molecular formula is C12H12F2N4S. The van der Waals surface area contributed by atoms with E-state index in [-0.39, 0.29) is 10.7 Å². The van der Waals surface area contributed by atoms with Crippen molar-refractivity contribution in [3.63, 3.8) is 0 Å². The van der Waals surface area contributed by atoms with Gasteiger partial charge in [-0.25, -0.2) is 8.78 Å². The Morgan fingerprint density at radius 3 is 2.68 bits per heavy atom. The summed E-state index contributed by atoms with van der Waals surface area (Å²) in [5.74, 6) is -0.873. The molecule has 100 valence electrons. The second kappa shape index (κ2) is 4.93. The molecule has 0 atom stereocenters. The van der Waals surface area contributed by atoms with Crippen molar-refractivity contribution in [1.29, 1.82) is 0 Å². The van der Waals surface area contributed by atoms with E-state index in [0.717, 1.165) is 12.1 Å². The van der Waals surface area contributed by atoms with Gasteiger partial charge in [0.25, 0.3) is 0 Å². The Morgan fingerprint density at radius 1 is 1.42 bits per heavy atom. The third-order valence-corrected chi connectivity index (χ3v) is 2.86. The van der Waals surface area contributed by atoms with Crippen LogP contribution in [-0.4, -0.2) is 14.8 Å². The Balaban J connectivity index is 2.46. The van der Waals surface area contributed by atoms with Gasteiger partial charge < -0.3 is 11.1 Å². The van der Waals surface area contributed by atoms with Gasteiger partial charge >= 0.3 is 0 Å². The molecule has 2 aromatic rings. The van der Waals surface area contributed by atoms with Crippen molar-refractivity contribution in [2.24, 2.45) is 12.8 Å². The minimum Gasteiger partial charge on any atom is -0.389 e. The maximum Gasteiger partial charge on any atom is 0.149 e. The van der Waals surface area contributed by atoms with E-state index in [4.69, 9.17) is 18.0 Å². The molecule has 2 rings (SSSR count). The van der Waals surface area contributed by atoms with Crippen LogP contribution in [-0.2, 0) is 7.05 Å². The van der Waals surface area contributed by atoms with Crippen LogP contribution in [0, 0.1) is 18.6 Å². The second-order valence-corrected chi connectivity index (χ2v) is 4.49. The Hall–Kier alpha value is -2.02. The van der Waals surface area contributed by atoms with Crippen molar-refractivity contribution in [3.8, 4) is 0 Å². The summed E-state index contributed by atoms with van der Waals surface area (Å²) < 4.78 is 28.0. The number of benzene rings is 1. The Kier molecular flexibility index (Phi) is 3.48. The van der Waals surface area contributed by atoms with Crippen LogP contribution >= 0.6 is 12.2 Å². The molecule has 0 unspecified atom stereocenters. The lowest BCUT2D eigenvalue weighted by atomic mass is 10.2. The number of nitrogens with zero attached hydrogens (tertiary/aromatic N) is 2. The van der Waals surface area contributed by atoms with E-state index in [0.29, 0.717) is 17.1 Å². The fraction of sp³-hybridized carbons (Fsp3) is 0.167. The number of aromatic nitrogens is 2. The van der Waals surface area contributed by atoms with E-state index in [9.17, 15) is 8.78 Å². The molecule has 0 bridgehead atoms. The molecule has 0 amide bonds. The van der Waals surface area contributed by atoms with Gasteiger partial charge in [0.1, 0.15) is 22.4 Å². The number of rotatable bonds is 3. The van der Waals surface area contributed by atoms with Crippen LogP contribution in [0.3, 0.4) is 0 Å². The third kappa shape index (κ3) is 2.55. The molecule has 0 aliphatic carbocycles. The third-order valence-electron chi connectivity index (χ3n) is 2.65. The van der Waals surface area contributed by atoms with Crippen molar-refractivity contribution >= 4 is 28.7 Å². The average molecular weight is 282 g/mol. The van der Waals surface area contributed by atoms with Crippen molar-refractivity contribution in [2.45, 2.75) is 6.92 Å². The standard InChI is InChI=1S/C12H12F2N4S/c1-6-10(11(15)19)12(18(2)17-6)16-9-4-3-7(13)5-8(9)14/h3-5,16H,1-2H3,(H2,15,19). The van der Waals surface area contributed by atoms with Crippen LogP contribution in [0.5, 0.6) is 0 Å². The van der Waals surface area contributed by atoms with Crippen LogP contribution in [0.25, 0.3) is 0 Å². The van der Waals surface area contributed by atoms with Gasteiger partial charge in [0.15, 0.2) is 0 Å². The van der Waals surface area contributed by atoms with Gasteiger partial charge in [0.2, 0.25) is 0 Å². The quantitative estimate of drug-likeness (QED) is 0.849. The van der Waals surface area contributed by atoms with E-state index in [1.54, 1.807) is 14.0 Å². The SMILES string of the molecule is Cc1nn(C)c(Nc2ccc(F)cc2F)c1C(N)=S. The van der Waals surface area contributed by atoms with E-state index in [1.807, 2.05) is 0 Å². The highest BCUT2D eigenvalue weighted by atomic mass is 32.1. The molecule has 1 aromatic heterocycles. The highest BCUT2D eigenvalue weighted by Crippen LogP contribution is 2.25. The van der Waals surface area contributed by atoms with Crippen LogP contribution in [0.4, 0.5) is 20.3 Å². The van der Waals surface area contributed by atoms with Gasteiger partial charge in [-0.15, -0.1) is 0 Å². The number of hydrogen-bond acceptors (Lipinski definition) is 3. The van der Waals surface area contributed by atoms with Crippen LogP contribution in [0.2, 0.25) is 0 Å². The van der Waals surface area contributed by atoms with Crippen molar-refractivity contribution in [3.05, 3.63) is 41.1 Å². The number of anilines is 2. The Bertz CT molecular complexity index is 651. The summed E-state index contributed by atoms with van der Waals surface area (Å²) in [5.41, 5.74) is 6.94. The highest BCUT2D eigenvalue weighted by Gasteiger charge is 2.17. The normalized spacial score (nSPS) is 10.5. The van der Waals surface area contributed by atoms with E-state index in [1.165, 1.54) is 10.7 Å². The molecule has 0 saturated heterocycles. The lowest BCUT2D eigenvalue weighted by Crippen LogP contribution is -2.13. The lowest BCUT2D eigenvalue weighted by Gasteiger charge is -2.10. The number of hydrogen-bond donors (Lipinski definition) is 2. The first-order valence-corrected chi connectivity index (χ1v) is 5.86. The predicted molar refractivity (Wildman–Crippen MR) is 73.5 cm³/mol. The van der Waals surface area contributed by atoms with Gasteiger partial charge in [0, 0.05) is 13.1 Å². The van der Waals surface area contributed by atoms with E-state index in [2.05, 4.69) is 10.4 Å². The first kappa shape index (κ1) is 13.4. The largest absolute Gasteiger partial charge is 0.389 e. The second-order valence-electron chi connectivity index (χ2n) is 4.05. The number of nitrogens with two attached hydrogens (primary N) is 1. The first-order valence-electron chi connectivity index (χ1n) is 5.45. The van der Waals surface area contributed by atoms with Gasteiger partial charge in [-0.3, -0.25) is 4.68 Å². The van der Waals surface area contributed by atoms with Crippen LogP contribution in [0.1, 0.15) is 11.3 Å². The summed E-state index contributed by atoms with van der Waals surface area (Å²) in [6, 6.07) is 3.26. The summed E-state index contributed by atoms with van der Waals surface area (Å²) >= 11 is 4.95. The topological polar surface area (TPSA) is 55.9 Å². The maximum atomic E-state index is 13.6. The summed E-state index contributed by atoms with van der Waals surface area (Å²) in [5, 5.41) is 7.00. The fourth-order valence-corrected chi connectivity index (χ4v) is 2.06. The van der Waals surface area contributed by atoms with Crippen LogP contribution < -0.4 is 11.1 Å². The molecule has 7 heteroatoms. The van der Waals surface area contributed by atoms with Crippen molar-refractivity contribution in [1.82, 2.24) is 9.78 Å². The van der Waals surface area contributed by atoms with Gasteiger partial charge in [-0.2, -0.15) is 5.10 Å². The summed E-state index contributed by atoms with van der Waals surface area (Å²) in [7, 11) is 1.68. The van der Waals surface area contributed by atoms with Crippen molar-refractivity contribution in [2.75, 3.05) is 5.32 Å². The zero-order chi connectivity index (χ0) is 14.2.